The van der Waals surface area contributed by atoms with Crippen LogP contribution in [0.1, 0.15) is 18.1 Å². The molecule has 2 N–H and O–H groups in total. The molecule has 1 atom stereocenters. The summed E-state index contributed by atoms with van der Waals surface area (Å²) in [7, 11) is 3.31. The Morgan fingerprint density at radius 2 is 1.18 bits per heavy atom. The largest absolute Gasteiger partial charge is 0.351 e. The first-order chi connectivity index (χ1) is 10.5. The van der Waals surface area contributed by atoms with E-state index in [2.05, 4.69) is 24.3 Å². The molecule has 0 bridgehead atoms. The van der Waals surface area contributed by atoms with E-state index in [0.717, 1.165) is 5.56 Å². The van der Waals surface area contributed by atoms with Crippen LogP contribution in [-0.4, -0.2) is 25.5 Å². The molecule has 0 amide bonds. The van der Waals surface area contributed by atoms with Crippen LogP contribution in [0.2, 0.25) is 0 Å². The molecule has 0 radical (unpaired) electrons. The van der Waals surface area contributed by atoms with E-state index in [4.69, 9.17) is 15.2 Å². The van der Waals surface area contributed by atoms with E-state index < -0.39 is 11.3 Å². The summed E-state index contributed by atoms with van der Waals surface area (Å²) in [5.74, 6) is -0.885. The molecule has 0 aliphatic carbocycles. The maximum atomic E-state index is 6.65. The maximum Gasteiger partial charge on any atom is 0.189 e. The molecule has 2 rings (SSSR count). The Labute approximate surface area is 133 Å². The van der Waals surface area contributed by atoms with Crippen LogP contribution in [0.25, 0.3) is 0 Å². The van der Waals surface area contributed by atoms with Crippen LogP contribution in [0.5, 0.6) is 0 Å². The van der Waals surface area contributed by atoms with Crippen molar-refractivity contribution in [2.24, 2.45) is 5.73 Å². The van der Waals surface area contributed by atoms with Gasteiger partial charge in [0.15, 0.2) is 5.79 Å². The lowest BCUT2D eigenvalue weighted by Gasteiger charge is -2.44. The van der Waals surface area contributed by atoms with Crippen molar-refractivity contribution in [1.82, 2.24) is 0 Å². The molecule has 1 unspecified atom stereocenters. The molecule has 0 spiro atoms. The molecule has 118 valence electrons. The molecule has 0 aliphatic rings. The number of methoxy groups -OCH3 is 2. The summed E-state index contributed by atoms with van der Waals surface area (Å²) in [5.41, 5.74) is 8.27. The van der Waals surface area contributed by atoms with Gasteiger partial charge in [-0.1, -0.05) is 60.7 Å². The molecular formula is C19H25NO2. The van der Waals surface area contributed by atoms with Gasteiger partial charge >= 0.3 is 0 Å². The highest BCUT2D eigenvalue weighted by atomic mass is 16.7. The van der Waals surface area contributed by atoms with Crippen molar-refractivity contribution in [1.29, 1.82) is 0 Å². The van der Waals surface area contributed by atoms with Crippen molar-refractivity contribution < 1.29 is 9.47 Å². The maximum absolute atomic E-state index is 6.65. The van der Waals surface area contributed by atoms with Gasteiger partial charge in [0, 0.05) is 20.6 Å². The number of hydrogen-bond acceptors (Lipinski definition) is 3. The predicted molar refractivity (Wildman–Crippen MR) is 89.6 cm³/mol. The zero-order valence-electron chi connectivity index (χ0n) is 13.6. The Kier molecular flexibility index (Phi) is 5.35. The second-order valence-electron chi connectivity index (χ2n) is 5.90. The molecule has 2 aromatic rings. The summed E-state index contributed by atoms with van der Waals surface area (Å²) < 4.78 is 11.6. The zero-order chi connectivity index (χ0) is 16.1. The molecule has 3 nitrogen and oxygen atoms in total. The van der Waals surface area contributed by atoms with Crippen molar-refractivity contribution in [3.05, 3.63) is 71.8 Å². The fourth-order valence-electron chi connectivity index (χ4n) is 2.92. The topological polar surface area (TPSA) is 44.5 Å². The van der Waals surface area contributed by atoms with Crippen molar-refractivity contribution in [2.45, 2.75) is 31.1 Å². The second kappa shape index (κ2) is 7.05. The van der Waals surface area contributed by atoms with E-state index in [0.29, 0.717) is 12.8 Å². The van der Waals surface area contributed by atoms with Gasteiger partial charge < -0.3 is 15.2 Å². The van der Waals surface area contributed by atoms with Crippen LogP contribution in [-0.2, 0) is 22.3 Å². The summed E-state index contributed by atoms with van der Waals surface area (Å²) in [6.07, 6.45) is 1.27. The van der Waals surface area contributed by atoms with Gasteiger partial charge in [-0.3, -0.25) is 0 Å². The van der Waals surface area contributed by atoms with Crippen LogP contribution in [0.15, 0.2) is 60.7 Å². The van der Waals surface area contributed by atoms with Crippen LogP contribution in [0, 0.1) is 0 Å². The van der Waals surface area contributed by atoms with Crippen molar-refractivity contribution >= 4 is 0 Å². The summed E-state index contributed by atoms with van der Waals surface area (Å²) in [5, 5.41) is 0. The van der Waals surface area contributed by atoms with Crippen LogP contribution in [0.4, 0.5) is 0 Å². The molecule has 0 aliphatic heterocycles. The fourth-order valence-corrected chi connectivity index (χ4v) is 2.92. The lowest BCUT2D eigenvalue weighted by Crippen LogP contribution is -2.63. The first-order valence-electron chi connectivity index (χ1n) is 7.50. The van der Waals surface area contributed by atoms with Gasteiger partial charge in [0.05, 0.1) is 5.54 Å². The number of benzene rings is 2. The number of rotatable bonds is 7. The van der Waals surface area contributed by atoms with E-state index in [9.17, 15) is 0 Å². The number of nitrogens with two attached hydrogens (primary N) is 1. The quantitative estimate of drug-likeness (QED) is 0.799. The summed E-state index contributed by atoms with van der Waals surface area (Å²) in [4.78, 5) is 0. The van der Waals surface area contributed by atoms with E-state index in [1.807, 2.05) is 43.3 Å². The van der Waals surface area contributed by atoms with Gasteiger partial charge in [-0.2, -0.15) is 0 Å². The molecule has 0 saturated carbocycles. The van der Waals surface area contributed by atoms with Crippen molar-refractivity contribution in [3.8, 4) is 0 Å². The summed E-state index contributed by atoms with van der Waals surface area (Å²) in [6, 6.07) is 20.3. The average Bonchev–Trinajstić information content (AvgIpc) is 2.54. The van der Waals surface area contributed by atoms with Crippen molar-refractivity contribution in [2.75, 3.05) is 14.2 Å². The van der Waals surface area contributed by atoms with E-state index in [-0.39, 0.29) is 0 Å². The fraction of sp³-hybridized carbons (Fsp3) is 0.368. The minimum atomic E-state index is -0.885. The lowest BCUT2D eigenvalue weighted by atomic mass is 9.81. The Morgan fingerprint density at radius 1 is 0.773 bits per heavy atom. The SMILES string of the molecule is COC(Cc1ccccc1)(OC)C(C)(N)Cc1ccccc1. The van der Waals surface area contributed by atoms with Crippen LogP contribution >= 0.6 is 0 Å². The average molecular weight is 299 g/mol. The van der Waals surface area contributed by atoms with E-state index in [1.54, 1.807) is 14.2 Å². The Bertz CT molecular complexity index is 563. The second-order valence-corrected chi connectivity index (χ2v) is 5.90. The first-order valence-corrected chi connectivity index (χ1v) is 7.50. The van der Waals surface area contributed by atoms with Gasteiger partial charge in [0.1, 0.15) is 0 Å². The normalized spacial score (nSPS) is 14.5. The van der Waals surface area contributed by atoms with Crippen LogP contribution < -0.4 is 5.73 Å². The Morgan fingerprint density at radius 3 is 1.59 bits per heavy atom. The Hall–Kier alpha value is -1.68. The molecule has 0 heterocycles. The third-order valence-corrected chi connectivity index (χ3v) is 4.22. The third kappa shape index (κ3) is 3.55. The number of hydrogen-bond donors (Lipinski definition) is 1. The minimum Gasteiger partial charge on any atom is -0.351 e. The molecule has 22 heavy (non-hydrogen) atoms. The molecule has 0 saturated heterocycles. The lowest BCUT2D eigenvalue weighted by molar-refractivity contribution is -0.243. The van der Waals surface area contributed by atoms with E-state index in [1.165, 1.54) is 5.56 Å². The minimum absolute atomic E-state index is 0.598. The first kappa shape index (κ1) is 16.7. The smallest absolute Gasteiger partial charge is 0.189 e. The summed E-state index contributed by atoms with van der Waals surface area (Å²) in [6.45, 7) is 1.98. The summed E-state index contributed by atoms with van der Waals surface area (Å²) >= 11 is 0. The van der Waals surface area contributed by atoms with Gasteiger partial charge in [-0.25, -0.2) is 0 Å². The molecule has 3 heteroatoms. The molecule has 0 aromatic heterocycles. The highest BCUT2D eigenvalue weighted by Gasteiger charge is 2.46. The van der Waals surface area contributed by atoms with Gasteiger partial charge in [-0.05, 0) is 24.5 Å². The molecule has 0 fully saturated rings. The highest BCUT2D eigenvalue weighted by Crippen LogP contribution is 2.31. The van der Waals surface area contributed by atoms with E-state index >= 15 is 0 Å². The molecular weight excluding hydrogens is 274 g/mol. The monoisotopic (exact) mass is 299 g/mol. The third-order valence-electron chi connectivity index (χ3n) is 4.22. The molecule has 2 aromatic carbocycles. The van der Waals surface area contributed by atoms with Crippen LogP contribution in [0.3, 0.4) is 0 Å². The van der Waals surface area contributed by atoms with Gasteiger partial charge in [0.2, 0.25) is 0 Å². The Balaban J connectivity index is 2.28. The van der Waals surface area contributed by atoms with Crippen molar-refractivity contribution in [3.63, 3.8) is 0 Å². The van der Waals surface area contributed by atoms with Gasteiger partial charge in [-0.15, -0.1) is 0 Å². The predicted octanol–water partition coefficient (Wildman–Crippen LogP) is 3.18. The number of ether oxygens (including phenoxy) is 2. The standard InChI is InChI=1S/C19H25NO2/c1-18(20,14-16-10-6-4-7-11-16)19(21-2,22-3)15-17-12-8-5-9-13-17/h4-13H,14-15,20H2,1-3H3. The highest BCUT2D eigenvalue weighted by molar-refractivity contribution is 5.22. The van der Waals surface area contributed by atoms with Gasteiger partial charge in [0.25, 0.3) is 0 Å². The zero-order valence-corrected chi connectivity index (χ0v) is 13.6.